The molecular weight excluding hydrogens is 1370 g/mol. The molecule has 0 saturated carbocycles. The molecule has 0 bridgehead atoms. The Morgan fingerprint density at radius 2 is 0.421 bits per heavy atom. The minimum absolute atomic E-state index is 1.08. The Hall–Kier alpha value is -1.08. The number of aryl methyl sites for hydroxylation is 6. The predicted molar refractivity (Wildman–Crippen MR) is 294 cm³/mol. The van der Waals surface area contributed by atoms with Crippen LogP contribution in [-0.2, 0) is 38.5 Å². The molecule has 0 atom stereocenters. The van der Waals surface area contributed by atoms with Crippen LogP contribution in [0.15, 0.2) is 146 Å². The van der Waals surface area contributed by atoms with Crippen LogP contribution in [0, 0.1) is 21.4 Å². The zero-order valence-corrected chi connectivity index (χ0v) is 44.4. The number of hydrogen-bond donors (Lipinski definition) is 0. The van der Waals surface area contributed by atoms with Gasteiger partial charge in [0, 0.05) is 21.4 Å². The van der Waals surface area contributed by atoms with Gasteiger partial charge in [0.2, 0.25) is 0 Å². The van der Waals surface area contributed by atoms with Gasteiger partial charge in [0.1, 0.15) is 0 Å². The summed E-state index contributed by atoms with van der Waals surface area (Å²) < 4.78 is 7.91. The maximum atomic E-state index is 2.43. The number of hydrogen-bond acceptors (Lipinski definition) is 0. The molecule has 0 heterocycles. The Kier molecular flexibility index (Phi) is 16.7. The SMILES string of the molecule is Ic1cc(I)cc(CCCc2ccc(-c3cc(-c4ccc(CCCc5cc(I)cc(I)c5)cc4)cc(-c4ccc(CCCc5cc(I)cc(I)c5)cc4)c3)cc2)c1. The van der Waals surface area contributed by atoms with Crippen molar-refractivity contribution in [3.05, 3.63) is 200 Å². The fourth-order valence-corrected chi connectivity index (χ4v) is 13.7. The molecule has 7 aromatic rings. The van der Waals surface area contributed by atoms with Crippen molar-refractivity contribution in [2.45, 2.75) is 57.8 Å². The highest BCUT2D eigenvalue weighted by Crippen LogP contribution is 2.34. The van der Waals surface area contributed by atoms with Crippen LogP contribution in [-0.4, -0.2) is 0 Å². The lowest BCUT2D eigenvalue weighted by Gasteiger charge is -2.13. The van der Waals surface area contributed by atoms with Crippen LogP contribution in [0.25, 0.3) is 33.4 Å². The van der Waals surface area contributed by atoms with Crippen molar-refractivity contribution in [1.29, 1.82) is 0 Å². The zero-order valence-electron chi connectivity index (χ0n) is 31.5. The maximum Gasteiger partial charge on any atom is 0.0143 e. The molecule has 0 nitrogen and oxygen atoms in total. The summed E-state index contributed by atoms with van der Waals surface area (Å²) in [6.07, 6.45) is 10.0. The van der Waals surface area contributed by atoms with E-state index >= 15 is 0 Å². The van der Waals surface area contributed by atoms with Crippen molar-refractivity contribution < 1.29 is 0 Å². The molecule has 0 radical (unpaired) electrons. The van der Waals surface area contributed by atoms with Crippen molar-refractivity contribution in [3.8, 4) is 33.4 Å². The van der Waals surface area contributed by atoms with Crippen LogP contribution >= 0.6 is 136 Å². The number of benzene rings is 7. The van der Waals surface area contributed by atoms with Gasteiger partial charge in [0.15, 0.2) is 0 Å². The normalized spacial score (nSPS) is 11.3. The van der Waals surface area contributed by atoms with Crippen LogP contribution in [0.5, 0.6) is 0 Å². The lowest BCUT2D eigenvalue weighted by atomic mass is 9.91. The van der Waals surface area contributed by atoms with E-state index in [0.717, 1.165) is 57.8 Å². The van der Waals surface area contributed by atoms with E-state index < -0.39 is 0 Å². The fourth-order valence-electron chi connectivity index (χ4n) is 7.47. The van der Waals surface area contributed by atoms with E-state index in [1.54, 1.807) is 0 Å². The molecule has 0 aliphatic heterocycles. The third-order valence-corrected chi connectivity index (χ3v) is 14.1. The predicted octanol–water partition coefficient (Wildman–Crippen LogP) is 16.8. The van der Waals surface area contributed by atoms with E-state index in [9.17, 15) is 0 Å². The Labute approximate surface area is 421 Å². The van der Waals surface area contributed by atoms with E-state index in [2.05, 4.69) is 281 Å². The second kappa shape index (κ2) is 21.6. The molecule has 7 aromatic carbocycles. The van der Waals surface area contributed by atoms with Crippen molar-refractivity contribution in [1.82, 2.24) is 0 Å². The van der Waals surface area contributed by atoms with Gasteiger partial charge in [-0.25, -0.2) is 0 Å². The molecule has 7 rings (SSSR count). The lowest BCUT2D eigenvalue weighted by Crippen LogP contribution is -1.93. The standard InChI is InChI=1S/C51H42I6/c52-46-22-37(23-47(53)31-46)7-1-4-34-10-16-40(17-11-34)43-28-44(41-18-12-35(13-19-41)5-2-8-38-24-48(54)32-49(55)25-38)30-45(29-43)42-20-14-36(15-21-42)6-3-9-39-26-50(56)33-51(57)27-39/h10-33H,1-9H2. The minimum atomic E-state index is 1.08. The zero-order chi connectivity index (χ0) is 39.7. The number of rotatable bonds is 15. The van der Waals surface area contributed by atoms with Crippen LogP contribution in [0.2, 0.25) is 0 Å². The molecule has 0 N–H and O–H groups in total. The quantitative estimate of drug-likeness (QED) is 0.0898. The second-order valence-corrected chi connectivity index (χ2v) is 22.3. The van der Waals surface area contributed by atoms with Gasteiger partial charge >= 0.3 is 0 Å². The summed E-state index contributed by atoms with van der Waals surface area (Å²) in [5.41, 5.74) is 16.1. The van der Waals surface area contributed by atoms with Crippen molar-refractivity contribution in [2.24, 2.45) is 0 Å². The highest BCUT2D eigenvalue weighted by atomic mass is 127. The molecule has 0 spiro atoms. The monoisotopic (exact) mass is 1420 g/mol. The second-order valence-electron chi connectivity index (χ2n) is 14.8. The number of halogens is 6. The minimum Gasteiger partial charge on any atom is -0.0584 e. The molecule has 0 aliphatic carbocycles. The molecule has 0 aliphatic rings. The van der Waals surface area contributed by atoms with Gasteiger partial charge in [-0.3, -0.25) is 0 Å². The molecule has 0 saturated heterocycles. The van der Waals surface area contributed by atoms with Gasteiger partial charge in [-0.15, -0.1) is 0 Å². The highest BCUT2D eigenvalue weighted by Gasteiger charge is 2.10. The van der Waals surface area contributed by atoms with Gasteiger partial charge in [0.25, 0.3) is 0 Å². The molecule has 6 heteroatoms. The van der Waals surface area contributed by atoms with Crippen LogP contribution in [0.4, 0.5) is 0 Å². The van der Waals surface area contributed by atoms with E-state index in [1.165, 1.54) is 88.2 Å². The summed E-state index contributed by atoms with van der Waals surface area (Å²) in [5, 5.41) is 0. The van der Waals surface area contributed by atoms with Crippen LogP contribution < -0.4 is 0 Å². The Morgan fingerprint density at radius 1 is 0.211 bits per heavy atom. The van der Waals surface area contributed by atoms with Crippen molar-refractivity contribution >= 4 is 136 Å². The molecule has 0 unspecified atom stereocenters. The lowest BCUT2D eigenvalue weighted by molar-refractivity contribution is 0.820. The summed E-state index contributed by atoms with van der Waals surface area (Å²) in [5.74, 6) is 0. The smallest absolute Gasteiger partial charge is 0.0143 e. The topological polar surface area (TPSA) is 0 Å². The van der Waals surface area contributed by atoms with Gasteiger partial charge in [-0.05, 0) is 333 Å². The van der Waals surface area contributed by atoms with Crippen molar-refractivity contribution in [2.75, 3.05) is 0 Å². The van der Waals surface area contributed by atoms with Gasteiger partial charge in [0.05, 0.1) is 0 Å². The van der Waals surface area contributed by atoms with Gasteiger partial charge in [-0.1, -0.05) is 72.8 Å². The molecule has 57 heavy (non-hydrogen) atoms. The highest BCUT2D eigenvalue weighted by molar-refractivity contribution is 14.1. The third-order valence-electron chi connectivity index (χ3n) is 10.4. The molecule has 0 amide bonds. The van der Waals surface area contributed by atoms with E-state index in [1.807, 2.05) is 0 Å². The summed E-state index contributed by atoms with van der Waals surface area (Å²) in [7, 11) is 0. The fraction of sp³-hybridized carbons (Fsp3) is 0.176. The largest absolute Gasteiger partial charge is 0.0584 e. The van der Waals surface area contributed by atoms with E-state index in [4.69, 9.17) is 0 Å². The molecule has 0 aromatic heterocycles. The van der Waals surface area contributed by atoms with Crippen LogP contribution in [0.3, 0.4) is 0 Å². The first kappa shape index (κ1) is 44.0. The first-order valence-electron chi connectivity index (χ1n) is 19.4. The first-order valence-corrected chi connectivity index (χ1v) is 25.9. The average molecular weight is 1420 g/mol. The summed E-state index contributed by atoms with van der Waals surface area (Å²) in [6.45, 7) is 0. The van der Waals surface area contributed by atoms with E-state index in [0.29, 0.717) is 0 Å². The Balaban J connectivity index is 1.08. The van der Waals surface area contributed by atoms with Crippen molar-refractivity contribution in [3.63, 3.8) is 0 Å². The summed E-state index contributed by atoms with van der Waals surface area (Å²) in [4.78, 5) is 0. The van der Waals surface area contributed by atoms with Crippen LogP contribution in [0.1, 0.15) is 52.6 Å². The molecule has 288 valence electrons. The average Bonchev–Trinajstić information content (AvgIpc) is 3.17. The van der Waals surface area contributed by atoms with Gasteiger partial charge < -0.3 is 0 Å². The third kappa shape index (κ3) is 13.5. The summed E-state index contributed by atoms with van der Waals surface area (Å²) >= 11 is 14.6. The maximum absolute atomic E-state index is 2.43. The Bertz CT molecular complexity index is 2090. The van der Waals surface area contributed by atoms with Gasteiger partial charge in [-0.2, -0.15) is 0 Å². The Morgan fingerprint density at radius 3 is 0.649 bits per heavy atom. The van der Waals surface area contributed by atoms with E-state index in [-0.39, 0.29) is 0 Å². The molecule has 0 fully saturated rings. The summed E-state index contributed by atoms with van der Waals surface area (Å²) in [6, 6.07) is 55.7. The molecular formula is C51H42I6. The first-order chi connectivity index (χ1) is 27.6.